The maximum Gasteiger partial charge on any atom is 0.273 e. The fraction of sp³-hybridized carbons (Fsp3) is 0.444. The number of carbonyl (C=O) groups excluding carboxylic acids is 1. The highest BCUT2D eigenvalue weighted by molar-refractivity contribution is 5.92. The zero-order valence-corrected chi connectivity index (χ0v) is 12.9. The van der Waals surface area contributed by atoms with Crippen LogP contribution in [0.4, 0.5) is 0 Å². The highest BCUT2D eigenvalue weighted by atomic mass is 16.5. The van der Waals surface area contributed by atoms with Crippen LogP contribution in [0.3, 0.4) is 0 Å². The monoisotopic (exact) mass is 312 g/mol. The molecule has 2 aliphatic carbocycles. The van der Waals surface area contributed by atoms with Crippen LogP contribution in [0.15, 0.2) is 34.9 Å². The first-order valence-corrected chi connectivity index (χ1v) is 8.21. The molecule has 0 radical (unpaired) electrons. The Bertz CT molecular complexity index is 735. The van der Waals surface area contributed by atoms with Crippen molar-refractivity contribution in [2.75, 3.05) is 6.54 Å². The molecule has 5 heteroatoms. The van der Waals surface area contributed by atoms with Gasteiger partial charge in [-0.1, -0.05) is 29.4 Å². The topological polar surface area (TPSA) is 75.4 Å². The SMILES string of the molecule is O=C(NCC1(O)CCCc2ccccc21)c1cc(C2CC2)on1. The van der Waals surface area contributed by atoms with Crippen molar-refractivity contribution in [3.63, 3.8) is 0 Å². The Kier molecular flexibility index (Phi) is 3.45. The molecule has 1 saturated carbocycles. The number of rotatable bonds is 4. The summed E-state index contributed by atoms with van der Waals surface area (Å²) in [5.41, 5.74) is 1.37. The molecule has 4 rings (SSSR count). The minimum Gasteiger partial charge on any atom is -0.383 e. The number of aliphatic hydroxyl groups is 1. The molecule has 0 bridgehead atoms. The standard InChI is InChI=1S/C18H20N2O3/c21-17(15-10-16(23-20-15)13-7-8-13)19-11-18(22)9-3-5-12-4-1-2-6-14(12)18/h1-2,4,6,10,13,22H,3,5,7-9,11H2,(H,19,21). The predicted molar refractivity (Wildman–Crippen MR) is 84.1 cm³/mol. The lowest BCUT2D eigenvalue weighted by Gasteiger charge is -2.34. The number of aryl methyl sites for hydroxylation is 1. The van der Waals surface area contributed by atoms with Gasteiger partial charge < -0.3 is 14.9 Å². The molecule has 1 heterocycles. The highest BCUT2D eigenvalue weighted by Gasteiger charge is 2.35. The molecule has 2 N–H and O–H groups in total. The van der Waals surface area contributed by atoms with E-state index >= 15 is 0 Å². The Morgan fingerprint density at radius 2 is 2.22 bits per heavy atom. The smallest absolute Gasteiger partial charge is 0.273 e. The normalized spacial score (nSPS) is 23.3. The Labute approximate surface area is 134 Å². The number of benzene rings is 1. The zero-order chi connectivity index (χ0) is 15.9. The third-order valence-corrected chi connectivity index (χ3v) is 4.84. The van der Waals surface area contributed by atoms with E-state index in [-0.39, 0.29) is 12.5 Å². The zero-order valence-electron chi connectivity index (χ0n) is 12.9. The average molecular weight is 312 g/mol. The predicted octanol–water partition coefficient (Wildman–Crippen LogP) is 2.51. The lowest BCUT2D eigenvalue weighted by atomic mass is 9.79. The maximum atomic E-state index is 12.3. The lowest BCUT2D eigenvalue weighted by molar-refractivity contribution is 0.0188. The van der Waals surface area contributed by atoms with Gasteiger partial charge in [-0.15, -0.1) is 0 Å². The van der Waals surface area contributed by atoms with E-state index < -0.39 is 5.60 Å². The van der Waals surface area contributed by atoms with Gasteiger partial charge in [0.2, 0.25) is 0 Å². The second-order valence-electron chi connectivity index (χ2n) is 6.61. The van der Waals surface area contributed by atoms with Crippen LogP contribution in [-0.4, -0.2) is 22.7 Å². The van der Waals surface area contributed by atoms with Crippen molar-refractivity contribution in [1.29, 1.82) is 0 Å². The van der Waals surface area contributed by atoms with Crippen LogP contribution in [0.1, 0.15) is 59.0 Å². The minimum absolute atomic E-state index is 0.189. The van der Waals surface area contributed by atoms with Gasteiger partial charge in [-0.3, -0.25) is 4.79 Å². The summed E-state index contributed by atoms with van der Waals surface area (Å²) in [5.74, 6) is 0.924. The molecular formula is C18H20N2O3. The minimum atomic E-state index is -1.01. The summed E-state index contributed by atoms with van der Waals surface area (Å²) in [7, 11) is 0. The molecule has 1 fully saturated rings. The van der Waals surface area contributed by atoms with Crippen molar-refractivity contribution in [1.82, 2.24) is 10.5 Å². The number of hydrogen-bond donors (Lipinski definition) is 2. The molecule has 1 aromatic carbocycles. The summed E-state index contributed by atoms with van der Waals surface area (Å²) in [6.07, 6.45) is 4.75. The van der Waals surface area contributed by atoms with Gasteiger partial charge in [-0.2, -0.15) is 0 Å². The van der Waals surface area contributed by atoms with Gasteiger partial charge in [0.1, 0.15) is 11.4 Å². The third kappa shape index (κ3) is 2.77. The van der Waals surface area contributed by atoms with E-state index in [1.165, 1.54) is 0 Å². The largest absolute Gasteiger partial charge is 0.383 e. The summed E-state index contributed by atoms with van der Waals surface area (Å²) in [4.78, 5) is 12.3. The van der Waals surface area contributed by atoms with Crippen molar-refractivity contribution < 1.29 is 14.4 Å². The first-order chi connectivity index (χ1) is 11.2. The quantitative estimate of drug-likeness (QED) is 0.909. The highest BCUT2D eigenvalue weighted by Crippen LogP contribution is 2.40. The second-order valence-corrected chi connectivity index (χ2v) is 6.61. The van der Waals surface area contributed by atoms with Crippen LogP contribution >= 0.6 is 0 Å². The molecule has 1 amide bonds. The van der Waals surface area contributed by atoms with Gasteiger partial charge in [0.05, 0.1) is 6.54 Å². The molecule has 0 spiro atoms. The van der Waals surface area contributed by atoms with E-state index in [4.69, 9.17) is 4.52 Å². The Morgan fingerprint density at radius 3 is 3.04 bits per heavy atom. The van der Waals surface area contributed by atoms with Crippen LogP contribution in [0.5, 0.6) is 0 Å². The van der Waals surface area contributed by atoms with E-state index in [2.05, 4.69) is 10.5 Å². The van der Waals surface area contributed by atoms with Gasteiger partial charge in [0, 0.05) is 12.0 Å². The maximum absolute atomic E-state index is 12.3. The summed E-state index contributed by atoms with van der Waals surface area (Å²) in [5, 5.41) is 17.6. The van der Waals surface area contributed by atoms with Gasteiger partial charge in [-0.25, -0.2) is 0 Å². The Hall–Kier alpha value is -2.14. The van der Waals surface area contributed by atoms with Gasteiger partial charge in [-0.05, 0) is 43.2 Å². The van der Waals surface area contributed by atoms with Crippen molar-refractivity contribution in [3.8, 4) is 0 Å². The molecule has 23 heavy (non-hydrogen) atoms. The molecule has 1 unspecified atom stereocenters. The number of hydrogen-bond acceptors (Lipinski definition) is 4. The summed E-state index contributed by atoms with van der Waals surface area (Å²) in [6, 6.07) is 9.61. The van der Waals surface area contributed by atoms with Crippen LogP contribution in [-0.2, 0) is 12.0 Å². The number of nitrogens with zero attached hydrogens (tertiary/aromatic N) is 1. The van der Waals surface area contributed by atoms with Gasteiger partial charge in [0.25, 0.3) is 5.91 Å². The van der Waals surface area contributed by atoms with Gasteiger partial charge in [0.15, 0.2) is 5.69 Å². The van der Waals surface area contributed by atoms with E-state index in [1.54, 1.807) is 6.07 Å². The Balaban J connectivity index is 1.46. The second kappa shape index (κ2) is 5.49. The van der Waals surface area contributed by atoms with Crippen molar-refractivity contribution in [3.05, 3.63) is 52.9 Å². The summed E-state index contributed by atoms with van der Waals surface area (Å²) >= 11 is 0. The number of carbonyl (C=O) groups is 1. The third-order valence-electron chi connectivity index (χ3n) is 4.84. The number of amides is 1. The molecule has 5 nitrogen and oxygen atoms in total. The Morgan fingerprint density at radius 1 is 1.39 bits per heavy atom. The average Bonchev–Trinajstić information content (AvgIpc) is 3.30. The van der Waals surface area contributed by atoms with Crippen LogP contribution in [0, 0.1) is 0 Å². The van der Waals surface area contributed by atoms with Crippen LogP contribution in [0.25, 0.3) is 0 Å². The molecule has 2 aliphatic rings. The molecule has 1 aromatic heterocycles. The fourth-order valence-electron chi connectivity index (χ4n) is 3.36. The molecule has 0 aliphatic heterocycles. The molecule has 120 valence electrons. The number of fused-ring (bicyclic) bond motifs is 1. The van der Waals surface area contributed by atoms with E-state index in [0.717, 1.165) is 42.6 Å². The van der Waals surface area contributed by atoms with Crippen molar-refractivity contribution in [2.45, 2.75) is 43.6 Å². The molecule has 0 saturated heterocycles. The number of aromatic nitrogens is 1. The number of nitrogens with one attached hydrogen (secondary N) is 1. The van der Waals surface area contributed by atoms with Crippen molar-refractivity contribution in [2.24, 2.45) is 0 Å². The van der Waals surface area contributed by atoms with E-state index in [9.17, 15) is 9.90 Å². The fourth-order valence-corrected chi connectivity index (χ4v) is 3.36. The van der Waals surface area contributed by atoms with Crippen LogP contribution in [0.2, 0.25) is 0 Å². The lowest BCUT2D eigenvalue weighted by Crippen LogP contribution is -2.43. The van der Waals surface area contributed by atoms with E-state index in [0.29, 0.717) is 18.0 Å². The first-order valence-electron chi connectivity index (χ1n) is 8.21. The molecular weight excluding hydrogens is 292 g/mol. The molecule has 1 atom stereocenters. The summed E-state index contributed by atoms with van der Waals surface area (Å²) < 4.78 is 5.21. The first kappa shape index (κ1) is 14.5. The van der Waals surface area contributed by atoms with Gasteiger partial charge >= 0.3 is 0 Å². The molecule has 2 aromatic rings. The van der Waals surface area contributed by atoms with Crippen LogP contribution < -0.4 is 5.32 Å². The van der Waals surface area contributed by atoms with Crippen molar-refractivity contribution >= 4 is 5.91 Å². The summed E-state index contributed by atoms with van der Waals surface area (Å²) in [6.45, 7) is 0.189. The van der Waals surface area contributed by atoms with E-state index in [1.807, 2.05) is 24.3 Å².